The van der Waals surface area contributed by atoms with Gasteiger partial charge in [0.25, 0.3) is 0 Å². The van der Waals surface area contributed by atoms with E-state index >= 15 is 0 Å². The molecule has 0 amide bonds. The fraction of sp³-hybridized carbons (Fsp3) is 0.214. The summed E-state index contributed by atoms with van der Waals surface area (Å²) < 4.78 is 6.89. The van der Waals surface area contributed by atoms with Crippen molar-refractivity contribution < 1.29 is 4.42 Å². The van der Waals surface area contributed by atoms with E-state index in [1.807, 2.05) is 0 Å². The molecule has 3 heterocycles. The van der Waals surface area contributed by atoms with Gasteiger partial charge in [0.05, 0.1) is 23.8 Å². The molecule has 59 heavy (non-hydrogen) atoms. The summed E-state index contributed by atoms with van der Waals surface area (Å²) in [7, 11) is 0. The minimum absolute atomic E-state index is 0.264. The molecule has 6 aromatic rings. The highest BCUT2D eigenvalue weighted by molar-refractivity contribution is 6.11. The van der Waals surface area contributed by atoms with Gasteiger partial charge in [-0.15, -0.1) is 0 Å². The summed E-state index contributed by atoms with van der Waals surface area (Å²) in [4.78, 5) is 5.44. The van der Waals surface area contributed by atoms with Gasteiger partial charge in [-0.05, 0) is 81.8 Å². The predicted octanol–water partition coefficient (Wildman–Crippen LogP) is 13.2. The lowest BCUT2D eigenvalue weighted by Gasteiger charge is -2.34. The fourth-order valence-corrected chi connectivity index (χ4v) is 12.2. The Bertz CT molecular complexity index is 3020. The Balaban J connectivity index is 0.855. The van der Waals surface area contributed by atoms with Gasteiger partial charge in [-0.1, -0.05) is 164 Å². The molecule has 7 aliphatic rings. The predicted molar refractivity (Wildman–Crippen MR) is 246 cm³/mol. The first-order chi connectivity index (χ1) is 29.3. The zero-order chi connectivity index (χ0) is 38.6. The summed E-state index contributed by atoms with van der Waals surface area (Å²) in [6.45, 7) is 0. The van der Waals surface area contributed by atoms with Gasteiger partial charge in [-0.3, -0.25) is 0 Å². The molecule has 0 bridgehead atoms. The highest BCUT2D eigenvalue weighted by atomic mass is 16.3. The zero-order valence-electron chi connectivity index (χ0n) is 33.0. The van der Waals surface area contributed by atoms with Crippen LogP contribution in [0.5, 0.6) is 0 Å². The second-order valence-corrected chi connectivity index (χ2v) is 17.7. The second-order valence-electron chi connectivity index (χ2n) is 17.7. The molecule has 9 unspecified atom stereocenters. The number of nitrogens with zero attached hydrogens (tertiary/aromatic N) is 2. The quantitative estimate of drug-likeness (QED) is 0.132. The highest BCUT2D eigenvalue weighted by Gasteiger charge is 2.49. The van der Waals surface area contributed by atoms with Crippen molar-refractivity contribution in [2.75, 3.05) is 9.80 Å². The monoisotopic (exact) mass is 762 g/mol. The van der Waals surface area contributed by atoms with Gasteiger partial charge < -0.3 is 14.2 Å². The standard InChI is InChI=1S/C56H46N2O/c1-2-12-35(13-3-1)43-28-31-53(56-55(43)46-18-8-11-21-54(46)59-56)58-50-20-10-7-17-45(50)48-34-38(25-30-52(48)58)37-24-29-51-47(33-37)44-16-6-9-19-49(44)57(51)40-26-27-42-39(32-40)23-22-36-14-4-5-15-41(36)42/h1-9,11-12,14-19,21-35,44-45,47-52H,10,13,20H2. The first kappa shape index (κ1) is 33.6. The van der Waals surface area contributed by atoms with Crippen molar-refractivity contribution in [1.82, 2.24) is 0 Å². The van der Waals surface area contributed by atoms with Crippen LogP contribution in [0.4, 0.5) is 11.4 Å². The van der Waals surface area contributed by atoms with Crippen molar-refractivity contribution in [3.63, 3.8) is 0 Å². The van der Waals surface area contributed by atoms with E-state index in [9.17, 15) is 0 Å². The first-order valence-electron chi connectivity index (χ1n) is 21.8. The van der Waals surface area contributed by atoms with Crippen LogP contribution in [0, 0.1) is 23.7 Å². The lowest BCUT2D eigenvalue weighted by atomic mass is 9.76. The minimum Gasteiger partial charge on any atom is -0.454 e. The molecular formula is C56H46N2O. The Hall–Kier alpha value is -6.32. The maximum Gasteiger partial charge on any atom is 0.159 e. The number of benzene rings is 5. The molecule has 5 aliphatic carbocycles. The van der Waals surface area contributed by atoms with Crippen molar-refractivity contribution >= 4 is 54.9 Å². The van der Waals surface area contributed by atoms with Crippen molar-refractivity contribution in [2.24, 2.45) is 23.7 Å². The third-order valence-electron chi connectivity index (χ3n) is 14.8. The van der Waals surface area contributed by atoms with Crippen molar-refractivity contribution in [2.45, 2.75) is 49.3 Å². The Morgan fingerprint density at radius 1 is 0.542 bits per heavy atom. The van der Waals surface area contributed by atoms with Gasteiger partial charge >= 0.3 is 0 Å². The van der Waals surface area contributed by atoms with Crippen LogP contribution < -0.4 is 9.80 Å². The molecule has 1 aromatic heterocycles. The maximum atomic E-state index is 6.89. The van der Waals surface area contributed by atoms with E-state index in [0.717, 1.165) is 30.4 Å². The number of furan rings is 1. The first-order valence-corrected chi connectivity index (χ1v) is 21.8. The second kappa shape index (κ2) is 13.1. The van der Waals surface area contributed by atoms with Gasteiger partial charge in [0.2, 0.25) is 0 Å². The normalized spacial score (nSPS) is 30.0. The summed E-state index contributed by atoms with van der Waals surface area (Å²) in [6.07, 6.45) is 41.8. The number of rotatable bonds is 4. The van der Waals surface area contributed by atoms with Crippen LogP contribution in [-0.2, 0) is 0 Å². The van der Waals surface area contributed by atoms with E-state index in [-0.39, 0.29) is 6.04 Å². The van der Waals surface area contributed by atoms with Gasteiger partial charge in [-0.2, -0.15) is 0 Å². The molecule has 3 nitrogen and oxygen atoms in total. The van der Waals surface area contributed by atoms with Gasteiger partial charge in [0.15, 0.2) is 5.58 Å². The molecule has 5 aromatic carbocycles. The van der Waals surface area contributed by atoms with E-state index in [1.54, 1.807) is 0 Å². The number of hydrogen-bond donors (Lipinski definition) is 0. The van der Waals surface area contributed by atoms with Crippen molar-refractivity contribution in [3.05, 3.63) is 205 Å². The van der Waals surface area contributed by atoms with Crippen molar-refractivity contribution in [1.29, 1.82) is 0 Å². The minimum atomic E-state index is 0.264. The smallest absolute Gasteiger partial charge is 0.159 e. The molecule has 2 saturated heterocycles. The van der Waals surface area contributed by atoms with Crippen LogP contribution in [0.3, 0.4) is 0 Å². The Morgan fingerprint density at radius 2 is 1.29 bits per heavy atom. The molecule has 3 heteroatoms. The SMILES string of the molecule is C1=CCC(c2ccc(N3C4C=CC(C5=CC6C7C=CC=CC7N(c7ccc8c(ccc9ccccc98)c7)C6C=C5)=CC4C4C=CCCC43)c3oc4ccccc4c23)C=C1. The van der Waals surface area contributed by atoms with E-state index in [4.69, 9.17) is 4.42 Å². The van der Waals surface area contributed by atoms with Crippen LogP contribution in [0.25, 0.3) is 43.5 Å². The lowest BCUT2D eigenvalue weighted by molar-refractivity contribution is 0.456. The Morgan fingerprint density at radius 3 is 2.17 bits per heavy atom. The average molecular weight is 763 g/mol. The topological polar surface area (TPSA) is 19.6 Å². The zero-order valence-corrected chi connectivity index (χ0v) is 33.0. The van der Waals surface area contributed by atoms with E-state index < -0.39 is 0 Å². The van der Waals surface area contributed by atoms with Crippen LogP contribution in [0.2, 0.25) is 0 Å². The van der Waals surface area contributed by atoms with Crippen LogP contribution in [0.15, 0.2) is 204 Å². The summed E-state index contributed by atoms with van der Waals surface area (Å²) in [5.74, 6) is 1.98. The molecule has 0 saturated carbocycles. The summed E-state index contributed by atoms with van der Waals surface area (Å²) in [5.41, 5.74) is 8.66. The van der Waals surface area contributed by atoms with Crippen LogP contribution in [-0.4, -0.2) is 24.2 Å². The van der Waals surface area contributed by atoms with Crippen LogP contribution in [0.1, 0.15) is 30.7 Å². The average Bonchev–Trinajstić information content (AvgIpc) is 3.97. The number of allylic oxidation sites excluding steroid dienone is 11. The molecule has 0 N–H and O–H groups in total. The molecule has 0 spiro atoms. The van der Waals surface area contributed by atoms with Crippen molar-refractivity contribution in [3.8, 4) is 0 Å². The molecule has 2 aliphatic heterocycles. The van der Waals surface area contributed by atoms with Gasteiger partial charge in [0.1, 0.15) is 5.58 Å². The summed E-state index contributed by atoms with van der Waals surface area (Å²) >= 11 is 0. The largest absolute Gasteiger partial charge is 0.454 e. The molecule has 13 rings (SSSR count). The Kier molecular flexibility index (Phi) is 7.46. The molecule has 2 fully saturated rings. The number of para-hydroxylation sites is 1. The van der Waals surface area contributed by atoms with E-state index in [1.165, 1.54) is 60.4 Å². The molecule has 9 atom stereocenters. The third kappa shape index (κ3) is 5.07. The van der Waals surface area contributed by atoms with Gasteiger partial charge in [-0.25, -0.2) is 0 Å². The Labute approximate surface area is 345 Å². The summed E-state index contributed by atoms with van der Waals surface area (Å²) in [5, 5.41) is 7.74. The molecule has 0 radical (unpaired) electrons. The lowest BCUT2D eigenvalue weighted by Crippen LogP contribution is -2.38. The molecule has 286 valence electrons. The van der Waals surface area contributed by atoms with E-state index in [2.05, 4.69) is 198 Å². The number of hydrogen-bond acceptors (Lipinski definition) is 3. The number of anilines is 2. The third-order valence-corrected chi connectivity index (χ3v) is 14.8. The maximum absolute atomic E-state index is 6.89. The van der Waals surface area contributed by atoms with Gasteiger partial charge in [0, 0.05) is 52.1 Å². The number of fused-ring (bicyclic) bond motifs is 12. The summed E-state index contributed by atoms with van der Waals surface area (Å²) in [6, 6.07) is 35.1. The fourth-order valence-electron chi connectivity index (χ4n) is 12.2. The molecular weight excluding hydrogens is 717 g/mol. The van der Waals surface area contributed by atoms with Crippen LogP contribution >= 0.6 is 0 Å². The highest BCUT2D eigenvalue weighted by Crippen LogP contribution is 2.52. The van der Waals surface area contributed by atoms with E-state index in [0.29, 0.717) is 47.7 Å².